The maximum atomic E-state index is 15.0. The number of nitrogens with zero attached hydrogens (tertiary/aromatic N) is 11. The quantitative estimate of drug-likeness (QED) is 0.0541. The van der Waals surface area contributed by atoms with Gasteiger partial charge in [-0.25, -0.2) is 37.8 Å². The van der Waals surface area contributed by atoms with Crippen molar-refractivity contribution in [1.29, 1.82) is 0 Å². The van der Waals surface area contributed by atoms with Crippen LogP contribution in [-0.4, -0.2) is 180 Å². The molecule has 6 aromatic rings. The molecule has 5 amide bonds. The summed E-state index contributed by atoms with van der Waals surface area (Å²) in [5.74, 6) is -0.379. The summed E-state index contributed by atoms with van der Waals surface area (Å²) in [7, 11) is -2.58. The lowest BCUT2D eigenvalue weighted by Crippen LogP contribution is -2.58. The molecule has 4 aromatic heterocycles. The molecule has 2 aliphatic heterocycles. The maximum Gasteiger partial charge on any atom is 0.407 e. The van der Waals surface area contributed by atoms with Gasteiger partial charge < -0.3 is 40.9 Å². The van der Waals surface area contributed by atoms with Crippen LogP contribution in [0.5, 0.6) is 5.75 Å². The van der Waals surface area contributed by atoms with Crippen LogP contribution in [-0.2, 0) is 24.2 Å². The van der Waals surface area contributed by atoms with Crippen LogP contribution in [0.1, 0.15) is 99.9 Å². The Bertz CT molecular complexity index is 3450. The van der Waals surface area contributed by atoms with E-state index in [4.69, 9.17) is 4.74 Å². The maximum absolute atomic E-state index is 15.0. The van der Waals surface area contributed by atoms with E-state index in [1.165, 1.54) is 37.6 Å². The van der Waals surface area contributed by atoms with Crippen LogP contribution in [0.25, 0.3) is 16.6 Å². The Balaban J connectivity index is 0.831. The fraction of sp³-hybridized carbons (Fsp3) is 0.491. The van der Waals surface area contributed by atoms with E-state index in [2.05, 4.69) is 61.4 Å². The van der Waals surface area contributed by atoms with Gasteiger partial charge in [-0.3, -0.25) is 34.1 Å². The first-order valence-electron chi connectivity index (χ1n) is 28.1. The van der Waals surface area contributed by atoms with Crippen LogP contribution >= 0.6 is 0 Å². The van der Waals surface area contributed by atoms with Crippen molar-refractivity contribution in [2.24, 2.45) is 5.92 Å². The number of likely N-dealkylation sites (tertiary alicyclic amines) is 1. The van der Waals surface area contributed by atoms with Gasteiger partial charge in [-0.1, -0.05) is 37.5 Å². The van der Waals surface area contributed by atoms with Crippen molar-refractivity contribution in [3.8, 4) is 11.4 Å². The molecule has 1 saturated carbocycles. The molecule has 26 heteroatoms. The van der Waals surface area contributed by atoms with Gasteiger partial charge in [0.25, 0.3) is 5.91 Å². The number of carbonyl (C=O) groups excluding carboxylic acids is 4. The number of sulfone groups is 1. The third-order valence-electron chi connectivity index (χ3n) is 16.0. The van der Waals surface area contributed by atoms with Gasteiger partial charge in [0, 0.05) is 93.5 Å². The van der Waals surface area contributed by atoms with E-state index in [0.717, 1.165) is 35.4 Å². The second kappa shape index (κ2) is 25.1. The van der Waals surface area contributed by atoms with E-state index < -0.39 is 68.5 Å². The lowest BCUT2D eigenvalue weighted by atomic mass is 9.83. The molecule has 2 aromatic carbocycles. The number of carbonyl (C=O) groups is 5. The van der Waals surface area contributed by atoms with Crippen molar-refractivity contribution in [2.45, 2.75) is 127 Å². The molecule has 3 fully saturated rings. The standard InChI is InChI=1S/C57H74N16O9S/c1-34-26-47(73(68-34)41-18-13-10-14-19-41)63-53(76)44-27-40(32-72(44)54(77)48(38-16-11-9-12-17-38)64-51(74)37(4)69(8)56(78)79)62-52(75)39-30-58-55(59-31-39)71-23-21-70(22-24-71)20-15-25-82-45-29-43-42(28-46(45)83(80,81)57(5,6)7)50(61-33-60-43)65-49-35(2)36(3)66-67-49/h10,13-14,18-19,26,28-31,33,37-38,40,44,48H,9,11-12,15-17,20-25,27,32H2,1-8H3,(H,62,75)(H,63,76)(H,64,74)(H,78,79)(H2,60,61,65,66,67)/t37?,40-,44-,48-/m0/s1. The predicted molar refractivity (Wildman–Crippen MR) is 311 cm³/mol. The highest BCUT2D eigenvalue weighted by Gasteiger charge is 2.45. The second-order valence-electron chi connectivity index (χ2n) is 22.7. The summed E-state index contributed by atoms with van der Waals surface area (Å²) in [6.07, 6.45) is 7.62. The molecule has 0 radical (unpaired) electrons. The van der Waals surface area contributed by atoms with Crippen LogP contribution in [0.3, 0.4) is 0 Å². The zero-order valence-corrected chi connectivity index (χ0v) is 49.0. The SMILES string of the molecule is Cc1cc(NC(=O)[C@@H]2C[C@H](NC(=O)c3cnc(N4CCN(CCCOc5cc6ncnc(Nc7n[nH]c(C)c7C)c6cc5S(=O)(=O)C(C)(C)C)CC4)nc3)CN2C(=O)[C@@H](NC(=O)C(C)N(C)C(=O)O)C2CCCCC2)n(-c2ccccc2)n1. The number of piperazine rings is 1. The number of fused-ring (bicyclic) bond motifs is 1. The highest BCUT2D eigenvalue weighted by molar-refractivity contribution is 7.92. The first-order valence-corrected chi connectivity index (χ1v) is 29.6. The van der Waals surface area contributed by atoms with E-state index >= 15 is 0 Å². The summed E-state index contributed by atoms with van der Waals surface area (Å²) in [6, 6.07) is 10.3. The molecular formula is C57H74N16O9S. The molecular weight excluding hydrogens is 1080 g/mol. The summed E-state index contributed by atoms with van der Waals surface area (Å²) in [5.41, 5.74) is 3.84. The van der Waals surface area contributed by atoms with Gasteiger partial charge in [-0.2, -0.15) is 10.2 Å². The number of hydrogen-bond acceptors (Lipinski definition) is 17. The van der Waals surface area contributed by atoms with Crippen molar-refractivity contribution < 1.29 is 42.2 Å². The average Bonchev–Trinajstić information content (AvgIpc) is 4.22. The fourth-order valence-corrected chi connectivity index (χ4v) is 12.0. The number of aromatic amines is 1. The van der Waals surface area contributed by atoms with Gasteiger partial charge in [0.15, 0.2) is 15.7 Å². The molecule has 6 heterocycles. The number of nitrogens with one attached hydrogen (secondary N) is 5. The Kier molecular flexibility index (Phi) is 17.9. The van der Waals surface area contributed by atoms with Crippen LogP contribution in [0.2, 0.25) is 0 Å². The molecule has 25 nitrogen and oxygen atoms in total. The van der Waals surface area contributed by atoms with Gasteiger partial charge in [0.05, 0.1) is 33.8 Å². The fourth-order valence-electron chi connectivity index (χ4n) is 10.7. The van der Waals surface area contributed by atoms with Crippen LogP contribution in [0.15, 0.2) is 72.1 Å². The van der Waals surface area contributed by atoms with E-state index in [1.807, 2.05) is 49.1 Å². The average molecular weight is 1160 g/mol. The van der Waals surface area contributed by atoms with Gasteiger partial charge >= 0.3 is 6.09 Å². The Morgan fingerprint density at radius 2 is 1.63 bits per heavy atom. The minimum absolute atomic E-state index is 0.0472. The van der Waals surface area contributed by atoms with Crippen molar-refractivity contribution in [3.05, 3.63) is 89.8 Å². The highest BCUT2D eigenvalue weighted by atomic mass is 32.2. The van der Waals surface area contributed by atoms with Crippen molar-refractivity contribution in [2.75, 3.05) is 68.5 Å². The zero-order valence-electron chi connectivity index (χ0n) is 48.2. The van der Waals surface area contributed by atoms with Gasteiger partial charge in [-0.05, 0) is 98.3 Å². The molecule has 3 aliphatic rings. The molecule has 4 atom stereocenters. The number of anilines is 4. The normalized spacial score (nSPS) is 17.9. The largest absolute Gasteiger partial charge is 0.492 e. The first kappa shape index (κ1) is 59.4. The van der Waals surface area contributed by atoms with Crippen LogP contribution < -0.4 is 30.9 Å². The lowest BCUT2D eigenvalue weighted by Gasteiger charge is -2.35. The summed E-state index contributed by atoms with van der Waals surface area (Å²) >= 11 is 0. The number of likely N-dealkylation sites (N-methyl/N-ethyl adjacent to an activating group) is 1. The number of para-hydroxylation sites is 1. The summed E-state index contributed by atoms with van der Waals surface area (Å²) in [4.78, 5) is 93.6. The Labute approximate surface area is 482 Å². The summed E-state index contributed by atoms with van der Waals surface area (Å²) < 4.78 is 34.8. The third-order valence-corrected chi connectivity index (χ3v) is 18.5. The molecule has 1 unspecified atom stereocenters. The van der Waals surface area contributed by atoms with E-state index in [1.54, 1.807) is 50.6 Å². The van der Waals surface area contributed by atoms with Crippen molar-refractivity contribution >= 4 is 73.9 Å². The summed E-state index contributed by atoms with van der Waals surface area (Å²) in [5, 5.41) is 34.1. The van der Waals surface area contributed by atoms with Gasteiger partial charge in [0.1, 0.15) is 46.7 Å². The molecule has 83 heavy (non-hydrogen) atoms. The Hall–Kier alpha value is -8.26. The number of aryl methyl sites for hydroxylation is 2. The Morgan fingerprint density at radius 1 is 0.916 bits per heavy atom. The molecule has 6 N–H and O–H groups in total. The minimum Gasteiger partial charge on any atom is -0.492 e. The van der Waals surface area contributed by atoms with E-state index in [0.29, 0.717) is 97.7 Å². The molecule has 0 spiro atoms. The number of benzene rings is 2. The topological polar surface area (TPSA) is 308 Å². The highest BCUT2D eigenvalue weighted by Crippen LogP contribution is 2.38. The predicted octanol–water partition coefficient (Wildman–Crippen LogP) is 5.56. The molecule has 2 saturated heterocycles. The number of rotatable bonds is 19. The lowest BCUT2D eigenvalue weighted by molar-refractivity contribution is -0.142. The smallest absolute Gasteiger partial charge is 0.407 e. The van der Waals surface area contributed by atoms with Crippen molar-refractivity contribution in [1.82, 2.24) is 65.2 Å². The number of H-pyrrole nitrogens is 1. The minimum atomic E-state index is -3.87. The molecule has 1 aliphatic carbocycles. The van der Waals surface area contributed by atoms with Crippen LogP contribution in [0.4, 0.5) is 28.2 Å². The number of amides is 5. The first-order chi connectivity index (χ1) is 39.6. The van der Waals surface area contributed by atoms with Crippen molar-refractivity contribution in [3.63, 3.8) is 0 Å². The number of ether oxygens (including phenoxy) is 1. The number of hydrogen-bond donors (Lipinski definition) is 6. The van der Waals surface area contributed by atoms with Gasteiger partial charge in [0.2, 0.25) is 23.7 Å². The van der Waals surface area contributed by atoms with E-state index in [9.17, 15) is 37.5 Å². The summed E-state index contributed by atoms with van der Waals surface area (Å²) in [6.45, 7) is 15.5. The number of aromatic nitrogens is 8. The zero-order chi connectivity index (χ0) is 59.3. The Morgan fingerprint density at radius 3 is 2.29 bits per heavy atom. The molecule has 442 valence electrons. The van der Waals surface area contributed by atoms with Gasteiger partial charge in [-0.15, -0.1) is 0 Å². The number of carboxylic acid groups (broad SMARTS) is 1. The monoisotopic (exact) mass is 1160 g/mol. The molecule has 0 bridgehead atoms. The second-order valence-corrected chi connectivity index (χ2v) is 25.3. The van der Waals surface area contributed by atoms with Crippen LogP contribution in [0, 0.1) is 26.7 Å². The van der Waals surface area contributed by atoms with E-state index in [-0.39, 0.29) is 41.7 Å². The third kappa shape index (κ3) is 13.3. The molecule has 9 rings (SSSR count).